The molecule has 0 aliphatic carbocycles. The van der Waals surface area contributed by atoms with E-state index in [0.717, 1.165) is 33.9 Å². The number of carbonyl (C=O) groups excluding carboxylic acids is 1. The van der Waals surface area contributed by atoms with E-state index in [1.54, 1.807) is 0 Å². The van der Waals surface area contributed by atoms with Crippen LogP contribution in [0.4, 0.5) is 0 Å². The number of fused-ring (bicyclic) bond motifs is 2. The van der Waals surface area contributed by atoms with Crippen molar-refractivity contribution in [2.45, 2.75) is 50.7 Å². The Labute approximate surface area is 142 Å². The van der Waals surface area contributed by atoms with E-state index in [0.29, 0.717) is 18.1 Å². The van der Waals surface area contributed by atoms with Crippen molar-refractivity contribution >= 4 is 37.8 Å². The van der Waals surface area contributed by atoms with Crippen molar-refractivity contribution in [1.29, 1.82) is 0 Å². The summed E-state index contributed by atoms with van der Waals surface area (Å²) in [6, 6.07) is 7.34. The van der Waals surface area contributed by atoms with Gasteiger partial charge in [-0.3, -0.25) is 4.79 Å². The molecule has 0 radical (unpaired) electrons. The molecule has 5 heteroatoms. The first kappa shape index (κ1) is 15.5. The highest BCUT2D eigenvalue weighted by Crippen LogP contribution is 2.31. The second-order valence-corrected chi connectivity index (χ2v) is 7.75. The zero-order valence-corrected chi connectivity index (χ0v) is 15.3. The fraction of sp³-hybridized carbons (Fsp3) is 0.562. The molecule has 2 heterocycles. The van der Waals surface area contributed by atoms with E-state index >= 15 is 0 Å². The van der Waals surface area contributed by atoms with Crippen LogP contribution in [-0.2, 0) is 0 Å². The second-order valence-electron chi connectivity index (χ2n) is 5.98. The molecule has 2 fully saturated rings. The highest BCUT2D eigenvalue weighted by atomic mass is 79.9. The molecule has 114 valence electrons. The van der Waals surface area contributed by atoms with E-state index in [4.69, 9.17) is 0 Å². The van der Waals surface area contributed by atoms with Crippen molar-refractivity contribution in [1.82, 2.24) is 10.2 Å². The number of halogens is 2. The van der Waals surface area contributed by atoms with Crippen LogP contribution in [0.25, 0.3) is 0 Å². The van der Waals surface area contributed by atoms with E-state index < -0.39 is 0 Å². The molecule has 3 nitrogen and oxygen atoms in total. The minimum atomic E-state index is 0.142. The van der Waals surface area contributed by atoms with Crippen LogP contribution in [0.2, 0.25) is 0 Å². The summed E-state index contributed by atoms with van der Waals surface area (Å²) in [6.45, 7) is 2.85. The maximum Gasteiger partial charge on any atom is 0.255 e. The fourth-order valence-corrected chi connectivity index (χ4v) is 4.88. The smallest absolute Gasteiger partial charge is 0.255 e. The molecule has 2 saturated heterocycles. The lowest BCUT2D eigenvalue weighted by Crippen LogP contribution is -2.50. The van der Waals surface area contributed by atoms with Crippen LogP contribution in [0.1, 0.15) is 43.0 Å². The van der Waals surface area contributed by atoms with E-state index in [1.807, 2.05) is 18.2 Å². The van der Waals surface area contributed by atoms with Gasteiger partial charge in [0.25, 0.3) is 5.91 Å². The molecule has 1 N–H and O–H groups in total. The maximum atomic E-state index is 12.9. The van der Waals surface area contributed by atoms with Gasteiger partial charge in [0.2, 0.25) is 0 Å². The van der Waals surface area contributed by atoms with Gasteiger partial charge in [-0.05, 0) is 66.7 Å². The van der Waals surface area contributed by atoms with Crippen LogP contribution in [0.3, 0.4) is 0 Å². The molecule has 3 rings (SSSR count). The van der Waals surface area contributed by atoms with Gasteiger partial charge in [-0.25, -0.2) is 0 Å². The minimum Gasteiger partial charge on any atom is -0.336 e. The van der Waals surface area contributed by atoms with Gasteiger partial charge in [-0.1, -0.05) is 15.9 Å². The molecule has 2 unspecified atom stereocenters. The summed E-state index contributed by atoms with van der Waals surface area (Å²) in [5.41, 5.74) is 0.755. The Balaban J connectivity index is 1.80. The van der Waals surface area contributed by atoms with Crippen LogP contribution in [0.5, 0.6) is 0 Å². The van der Waals surface area contributed by atoms with Gasteiger partial charge in [-0.15, -0.1) is 0 Å². The summed E-state index contributed by atoms with van der Waals surface area (Å²) in [5, 5.41) is 3.64. The quantitative estimate of drug-likeness (QED) is 0.810. The van der Waals surface area contributed by atoms with E-state index in [-0.39, 0.29) is 5.91 Å². The number of nitrogens with zero attached hydrogens (tertiary/aromatic N) is 1. The van der Waals surface area contributed by atoms with Gasteiger partial charge < -0.3 is 10.2 Å². The first-order valence-corrected chi connectivity index (χ1v) is 9.19. The number of piperidine rings is 1. The molecule has 2 bridgehead atoms. The maximum absolute atomic E-state index is 12.9. The van der Waals surface area contributed by atoms with Crippen molar-refractivity contribution in [3.05, 3.63) is 32.7 Å². The van der Waals surface area contributed by atoms with Crippen LogP contribution in [0.15, 0.2) is 27.1 Å². The summed E-state index contributed by atoms with van der Waals surface area (Å²) in [4.78, 5) is 15.0. The standard InChI is InChI=1S/C16H20Br2N2O/c1-2-20(13-8-11-4-5-12(9-13)19-11)16(21)14-6-3-10(17)7-15(14)18/h3,6-7,11-13,19H,2,4-5,8-9H2,1H3. The number of nitrogens with one attached hydrogen (secondary N) is 1. The predicted octanol–water partition coefficient (Wildman–Crippen LogP) is 3.96. The average Bonchev–Trinajstić information content (AvgIpc) is 2.78. The average molecular weight is 416 g/mol. The molecule has 1 aromatic rings. The van der Waals surface area contributed by atoms with Crippen LogP contribution < -0.4 is 5.32 Å². The Morgan fingerprint density at radius 2 is 1.95 bits per heavy atom. The van der Waals surface area contributed by atoms with Crippen molar-refractivity contribution in [2.24, 2.45) is 0 Å². The van der Waals surface area contributed by atoms with E-state index in [9.17, 15) is 4.79 Å². The zero-order chi connectivity index (χ0) is 15.0. The van der Waals surface area contributed by atoms with Crippen molar-refractivity contribution < 1.29 is 4.79 Å². The lowest BCUT2D eigenvalue weighted by atomic mass is 9.97. The predicted molar refractivity (Wildman–Crippen MR) is 91.5 cm³/mol. The van der Waals surface area contributed by atoms with E-state index in [2.05, 4.69) is 49.0 Å². The van der Waals surface area contributed by atoms with Gasteiger partial charge in [-0.2, -0.15) is 0 Å². The topological polar surface area (TPSA) is 32.3 Å². The highest BCUT2D eigenvalue weighted by Gasteiger charge is 2.37. The fourth-order valence-electron chi connectivity index (χ4n) is 3.67. The van der Waals surface area contributed by atoms with Gasteiger partial charge >= 0.3 is 0 Å². The Hall–Kier alpha value is -0.390. The van der Waals surface area contributed by atoms with E-state index in [1.165, 1.54) is 12.8 Å². The normalized spacial score (nSPS) is 27.7. The molecular weight excluding hydrogens is 396 g/mol. The van der Waals surface area contributed by atoms with Crippen molar-refractivity contribution in [2.75, 3.05) is 6.54 Å². The highest BCUT2D eigenvalue weighted by molar-refractivity contribution is 9.11. The van der Waals surface area contributed by atoms with Gasteiger partial charge in [0.05, 0.1) is 5.56 Å². The number of hydrogen-bond donors (Lipinski definition) is 1. The first-order chi connectivity index (χ1) is 10.1. The molecule has 2 aliphatic rings. The Bertz CT molecular complexity index is 537. The first-order valence-electron chi connectivity index (χ1n) is 7.60. The van der Waals surface area contributed by atoms with Crippen LogP contribution in [-0.4, -0.2) is 35.5 Å². The summed E-state index contributed by atoms with van der Waals surface area (Å²) in [6.07, 6.45) is 4.69. The lowest BCUT2D eigenvalue weighted by molar-refractivity contribution is 0.0630. The Kier molecular flexibility index (Phi) is 4.71. The second kappa shape index (κ2) is 6.39. The molecule has 0 spiro atoms. The number of hydrogen-bond acceptors (Lipinski definition) is 2. The molecule has 0 aromatic heterocycles. The SMILES string of the molecule is CCN(C(=O)c1ccc(Br)cc1Br)C1CC2CCC(C1)N2. The number of rotatable bonds is 3. The zero-order valence-electron chi connectivity index (χ0n) is 12.1. The number of amides is 1. The van der Waals surface area contributed by atoms with Gasteiger partial charge in [0.15, 0.2) is 0 Å². The molecular formula is C16H20Br2N2O. The van der Waals surface area contributed by atoms with Gasteiger partial charge in [0.1, 0.15) is 0 Å². The minimum absolute atomic E-state index is 0.142. The monoisotopic (exact) mass is 414 g/mol. The number of benzene rings is 1. The third-order valence-electron chi connectivity index (χ3n) is 4.65. The largest absolute Gasteiger partial charge is 0.336 e. The molecule has 1 amide bonds. The Morgan fingerprint density at radius 3 is 2.52 bits per heavy atom. The summed E-state index contributed by atoms with van der Waals surface area (Å²) in [7, 11) is 0. The number of carbonyl (C=O) groups is 1. The van der Waals surface area contributed by atoms with Crippen molar-refractivity contribution in [3.63, 3.8) is 0 Å². The Morgan fingerprint density at radius 1 is 1.29 bits per heavy atom. The molecule has 2 aliphatic heterocycles. The molecule has 0 saturated carbocycles. The summed E-state index contributed by atoms with van der Waals surface area (Å²) < 4.78 is 1.84. The van der Waals surface area contributed by atoms with Crippen molar-refractivity contribution in [3.8, 4) is 0 Å². The lowest BCUT2D eigenvalue weighted by Gasteiger charge is -2.37. The summed E-state index contributed by atoms with van der Waals surface area (Å²) in [5.74, 6) is 0.142. The summed E-state index contributed by atoms with van der Waals surface area (Å²) >= 11 is 6.95. The van der Waals surface area contributed by atoms with Crippen LogP contribution >= 0.6 is 31.9 Å². The van der Waals surface area contributed by atoms with Crippen LogP contribution in [0, 0.1) is 0 Å². The molecule has 1 aromatic carbocycles. The third kappa shape index (κ3) is 3.20. The van der Waals surface area contributed by atoms with Gasteiger partial charge in [0, 0.05) is 33.6 Å². The molecule has 21 heavy (non-hydrogen) atoms. The molecule has 2 atom stereocenters. The third-order valence-corrected chi connectivity index (χ3v) is 5.80.